The summed E-state index contributed by atoms with van der Waals surface area (Å²) in [6.07, 6.45) is 7.29. The summed E-state index contributed by atoms with van der Waals surface area (Å²) in [4.78, 5) is 20.4. The maximum absolute atomic E-state index is 12.0. The number of ether oxygens (including phenoxy) is 2. The molecule has 0 saturated carbocycles. The van der Waals surface area contributed by atoms with Gasteiger partial charge in [0.05, 0.1) is 18.4 Å². The van der Waals surface area contributed by atoms with Crippen molar-refractivity contribution in [2.45, 2.75) is 31.5 Å². The summed E-state index contributed by atoms with van der Waals surface area (Å²) in [5.41, 5.74) is 3.00. The molecule has 6 nitrogen and oxygen atoms in total. The van der Waals surface area contributed by atoms with Crippen molar-refractivity contribution in [3.8, 4) is 17.0 Å². The van der Waals surface area contributed by atoms with Gasteiger partial charge in [-0.25, -0.2) is 0 Å². The lowest BCUT2D eigenvalue weighted by Gasteiger charge is -2.14. The van der Waals surface area contributed by atoms with Gasteiger partial charge >= 0.3 is 0 Å². The van der Waals surface area contributed by atoms with Crippen LogP contribution in [0.2, 0.25) is 0 Å². The molecule has 1 N–H and O–H groups in total. The fourth-order valence-corrected chi connectivity index (χ4v) is 3.15. The molecule has 2 aliphatic rings. The second kappa shape index (κ2) is 6.57. The predicted octanol–water partition coefficient (Wildman–Crippen LogP) is 1.74. The first-order chi connectivity index (χ1) is 11.8. The van der Waals surface area contributed by atoms with Crippen molar-refractivity contribution in [2.75, 3.05) is 13.2 Å². The smallest absolute Gasteiger partial charge is 0.249 e. The maximum Gasteiger partial charge on any atom is 0.249 e. The molecule has 1 aromatic heterocycles. The number of aromatic nitrogens is 2. The number of fused-ring (bicyclic) bond motifs is 1. The highest BCUT2D eigenvalue weighted by Crippen LogP contribution is 2.32. The number of carbonyl (C=O) groups is 1. The second-order valence-corrected chi connectivity index (χ2v) is 6.10. The zero-order valence-electron chi connectivity index (χ0n) is 13.3. The highest BCUT2D eigenvalue weighted by atomic mass is 16.5. The number of amides is 1. The largest absolute Gasteiger partial charge is 0.488 e. The summed E-state index contributed by atoms with van der Waals surface area (Å²) < 4.78 is 11.3. The van der Waals surface area contributed by atoms with E-state index in [1.165, 1.54) is 0 Å². The second-order valence-electron chi connectivity index (χ2n) is 6.10. The van der Waals surface area contributed by atoms with E-state index < -0.39 is 0 Å². The van der Waals surface area contributed by atoms with E-state index in [1.807, 2.05) is 12.1 Å². The molecule has 2 aliphatic heterocycles. The Bertz CT molecular complexity index is 730. The van der Waals surface area contributed by atoms with Gasteiger partial charge in [-0.3, -0.25) is 14.8 Å². The maximum atomic E-state index is 12.0. The standard InChI is InChI=1S/C18H19N3O3/c22-18(17-2-1-7-23-17)21-10-14-9-13-8-12(3-4-16(13)24-14)15-11-19-5-6-20-15/h3-6,8,11,14,17H,1-2,7,9-10H2,(H,21,22)/t14-,17+/m0/s1. The number of nitrogens with one attached hydrogen (secondary N) is 1. The Balaban J connectivity index is 1.38. The van der Waals surface area contributed by atoms with Crippen LogP contribution in [0.15, 0.2) is 36.8 Å². The van der Waals surface area contributed by atoms with Gasteiger partial charge in [-0.15, -0.1) is 0 Å². The molecule has 1 aromatic carbocycles. The first-order valence-corrected chi connectivity index (χ1v) is 8.25. The van der Waals surface area contributed by atoms with Crippen molar-refractivity contribution in [2.24, 2.45) is 0 Å². The molecule has 1 saturated heterocycles. The Morgan fingerprint density at radius 2 is 2.29 bits per heavy atom. The molecule has 24 heavy (non-hydrogen) atoms. The van der Waals surface area contributed by atoms with Crippen LogP contribution in [0.4, 0.5) is 0 Å². The average Bonchev–Trinajstić information content (AvgIpc) is 3.29. The first-order valence-electron chi connectivity index (χ1n) is 8.25. The summed E-state index contributed by atoms with van der Waals surface area (Å²) in [6, 6.07) is 6.03. The number of benzene rings is 1. The third-order valence-corrected chi connectivity index (χ3v) is 4.39. The molecular formula is C18H19N3O3. The Hall–Kier alpha value is -2.47. The van der Waals surface area contributed by atoms with Crippen molar-refractivity contribution < 1.29 is 14.3 Å². The van der Waals surface area contributed by atoms with Crippen molar-refractivity contribution in [3.63, 3.8) is 0 Å². The first kappa shape index (κ1) is 15.1. The van der Waals surface area contributed by atoms with Crippen molar-refractivity contribution >= 4 is 5.91 Å². The van der Waals surface area contributed by atoms with Gasteiger partial charge in [-0.05, 0) is 36.6 Å². The van der Waals surface area contributed by atoms with Crippen LogP contribution in [0, 0.1) is 0 Å². The lowest BCUT2D eigenvalue weighted by atomic mass is 10.0. The van der Waals surface area contributed by atoms with E-state index in [2.05, 4.69) is 21.4 Å². The molecule has 0 unspecified atom stereocenters. The van der Waals surface area contributed by atoms with E-state index in [1.54, 1.807) is 18.6 Å². The minimum absolute atomic E-state index is 0.0349. The van der Waals surface area contributed by atoms with Crippen LogP contribution in [0.1, 0.15) is 18.4 Å². The van der Waals surface area contributed by atoms with E-state index in [4.69, 9.17) is 9.47 Å². The Labute approximate surface area is 140 Å². The minimum Gasteiger partial charge on any atom is -0.488 e. The van der Waals surface area contributed by atoms with E-state index in [0.29, 0.717) is 13.2 Å². The molecule has 1 amide bonds. The monoisotopic (exact) mass is 325 g/mol. The number of rotatable bonds is 4. The Kier molecular flexibility index (Phi) is 4.13. The highest BCUT2D eigenvalue weighted by Gasteiger charge is 2.27. The zero-order valence-corrected chi connectivity index (χ0v) is 13.3. The van der Waals surface area contributed by atoms with Crippen LogP contribution in [0.5, 0.6) is 5.75 Å². The molecule has 0 bridgehead atoms. The molecule has 0 aliphatic carbocycles. The number of nitrogens with zero attached hydrogens (tertiary/aromatic N) is 2. The fraction of sp³-hybridized carbons (Fsp3) is 0.389. The SMILES string of the molecule is O=C(NC[C@@H]1Cc2cc(-c3cnccn3)ccc2O1)[C@H]1CCCO1. The van der Waals surface area contributed by atoms with Crippen LogP contribution in [0.3, 0.4) is 0 Å². The molecule has 124 valence electrons. The average molecular weight is 325 g/mol. The van der Waals surface area contributed by atoms with Crippen LogP contribution < -0.4 is 10.1 Å². The van der Waals surface area contributed by atoms with Crippen LogP contribution in [-0.4, -0.2) is 41.2 Å². The topological polar surface area (TPSA) is 73.3 Å². The van der Waals surface area contributed by atoms with E-state index in [0.717, 1.165) is 41.8 Å². The highest BCUT2D eigenvalue weighted by molar-refractivity contribution is 5.81. The molecular weight excluding hydrogens is 306 g/mol. The fourth-order valence-electron chi connectivity index (χ4n) is 3.15. The summed E-state index contributed by atoms with van der Waals surface area (Å²) in [7, 11) is 0. The third-order valence-electron chi connectivity index (χ3n) is 4.39. The van der Waals surface area contributed by atoms with Gasteiger partial charge in [0.15, 0.2) is 0 Å². The number of hydrogen-bond donors (Lipinski definition) is 1. The van der Waals surface area contributed by atoms with E-state index in [-0.39, 0.29) is 18.1 Å². The van der Waals surface area contributed by atoms with Gasteiger partial charge in [-0.2, -0.15) is 0 Å². The van der Waals surface area contributed by atoms with Gasteiger partial charge in [0.2, 0.25) is 5.91 Å². The van der Waals surface area contributed by atoms with Crippen molar-refractivity contribution in [1.82, 2.24) is 15.3 Å². The molecule has 0 spiro atoms. The van der Waals surface area contributed by atoms with Crippen LogP contribution in [-0.2, 0) is 16.0 Å². The van der Waals surface area contributed by atoms with Crippen LogP contribution in [0.25, 0.3) is 11.3 Å². The van der Waals surface area contributed by atoms with Gasteiger partial charge in [0.25, 0.3) is 0 Å². The lowest BCUT2D eigenvalue weighted by Crippen LogP contribution is -2.40. The third kappa shape index (κ3) is 3.10. The van der Waals surface area contributed by atoms with Crippen molar-refractivity contribution in [3.05, 3.63) is 42.4 Å². The van der Waals surface area contributed by atoms with E-state index >= 15 is 0 Å². The summed E-state index contributed by atoms with van der Waals surface area (Å²) in [5.74, 6) is 0.839. The van der Waals surface area contributed by atoms with E-state index in [9.17, 15) is 4.79 Å². The quantitative estimate of drug-likeness (QED) is 0.927. The van der Waals surface area contributed by atoms with Crippen molar-refractivity contribution in [1.29, 1.82) is 0 Å². The molecule has 2 aromatic rings. The number of carbonyl (C=O) groups excluding carboxylic acids is 1. The minimum atomic E-state index is -0.294. The summed E-state index contributed by atoms with van der Waals surface area (Å²) in [5, 5.41) is 2.94. The molecule has 3 heterocycles. The molecule has 6 heteroatoms. The van der Waals surface area contributed by atoms with Gasteiger partial charge in [-0.1, -0.05) is 0 Å². The van der Waals surface area contributed by atoms with Gasteiger partial charge < -0.3 is 14.8 Å². The Morgan fingerprint density at radius 1 is 1.33 bits per heavy atom. The van der Waals surface area contributed by atoms with Crippen LogP contribution >= 0.6 is 0 Å². The predicted molar refractivity (Wildman–Crippen MR) is 87.6 cm³/mol. The molecule has 2 atom stereocenters. The normalized spacial score (nSPS) is 22.0. The molecule has 4 rings (SSSR count). The Morgan fingerprint density at radius 3 is 3.08 bits per heavy atom. The number of hydrogen-bond acceptors (Lipinski definition) is 5. The summed E-state index contributed by atoms with van der Waals surface area (Å²) >= 11 is 0. The lowest BCUT2D eigenvalue weighted by molar-refractivity contribution is -0.130. The van der Waals surface area contributed by atoms with Gasteiger partial charge in [0, 0.05) is 31.0 Å². The zero-order chi connectivity index (χ0) is 16.4. The molecule has 0 radical (unpaired) electrons. The molecule has 1 fully saturated rings. The summed E-state index contributed by atoms with van der Waals surface area (Å²) in [6.45, 7) is 1.17. The van der Waals surface area contributed by atoms with Gasteiger partial charge in [0.1, 0.15) is 18.0 Å².